The van der Waals surface area contributed by atoms with Crippen LogP contribution in [0.25, 0.3) is 0 Å². The normalized spacial score (nSPS) is 12.0. The lowest BCUT2D eigenvalue weighted by molar-refractivity contribution is -0.138. The largest absolute Gasteiger partial charge is 0.480 e. The zero-order valence-corrected chi connectivity index (χ0v) is 11.4. The number of hydrogen-bond donors (Lipinski definition) is 1. The van der Waals surface area contributed by atoms with Gasteiger partial charge in [-0.3, -0.25) is 9.69 Å². The molecule has 102 valence electrons. The standard InChI is InChI=1S/C13H18FNO2.ClH/c1-3-8-15(9-13(16)17)10(2)11-6-4-5-7-12(11)14;/h4-7,10H,3,8-9H2,1-2H3,(H,16,17);1H. The molecule has 1 rings (SSSR count). The summed E-state index contributed by atoms with van der Waals surface area (Å²) in [5.74, 6) is -1.17. The average Bonchev–Trinajstić information content (AvgIpc) is 2.28. The van der Waals surface area contributed by atoms with Crippen molar-refractivity contribution in [2.45, 2.75) is 26.3 Å². The van der Waals surface area contributed by atoms with Crippen molar-refractivity contribution in [3.05, 3.63) is 35.6 Å². The molecule has 18 heavy (non-hydrogen) atoms. The molecule has 3 nitrogen and oxygen atoms in total. The Bertz CT molecular complexity index is 387. The Morgan fingerprint density at radius 1 is 1.44 bits per heavy atom. The first-order valence-corrected chi connectivity index (χ1v) is 5.76. The van der Waals surface area contributed by atoms with E-state index < -0.39 is 5.97 Å². The van der Waals surface area contributed by atoms with Crippen LogP contribution in [0.3, 0.4) is 0 Å². The fraction of sp³-hybridized carbons (Fsp3) is 0.462. The van der Waals surface area contributed by atoms with Crippen LogP contribution >= 0.6 is 12.4 Å². The molecule has 1 unspecified atom stereocenters. The Morgan fingerprint density at radius 3 is 2.56 bits per heavy atom. The number of halogens is 2. The predicted molar refractivity (Wildman–Crippen MR) is 71.6 cm³/mol. The molecule has 0 aliphatic heterocycles. The summed E-state index contributed by atoms with van der Waals surface area (Å²) in [6.07, 6.45) is 0.839. The summed E-state index contributed by atoms with van der Waals surface area (Å²) >= 11 is 0. The number of rotatable bonds is 6. The predicted octanol–water partition coefficient (Wildman–Crippen LogP) is 3.11. The Labute approximate surface area is 113 Å². The summed E-state index contributed by atoms with van der Waals surface area (Å²) in [6, 6.07) is 6.26. The highest BCUT2D eigenvalue weighted by Gasteiger charge is 2.19. The molecular weight excluding hydrogens is 257 g/mol. The van der Waals surface area contributed by atoms with Crippen molar-refractivity contribution in [1.29, 1.82) is 0 Å². The molecule has 0 aliphatic carbocycles. The van der Waals surface area contributed by atoms with E-state index in [1.54, 1.807) is 23.1 Å². The van der Waals surface area contributed by atoms with E-state index >= 15 is 0 Å². The second-order valence-corrected chi connectivity index (χ2v) is 4.06. The van der Waals surface area contributed by atoms with Crippen LogP contribution in [0.4, 0.5) is 4.39 Å². The van der Waals surface area contributed by atoms with Gasteiger partial charge in [-0.1, -0.05) is 25.1 Å². The third kappa shape index (κ3) is 4.63. The molecule has 1 atom stereocenters. The van der Waals surface area contributed by atoms with Crippen LogP contribution in [0.15, 0.2) is 24.3 Å². The zero-order chi connectivity index (χ0) is 12.8. The molecule has 0 aliphatic rings. The molecule has 0 heterocycles. The van der Waals surface area contributed by atoms with Crippen LogP contribution in [0.5, 0.6) is 0 Å². The maximum absolute atomic E-state index is 13.6. The van der Waals surface area contributed by atoms with E-state index in [9.17, 15) is 9.18 Å². The van der Waals surface area contributed by atoms with E-state index in [0.717, 1.165) is 6.42 Å². The summed E-state index contributed by atoms with van der Waals surface area (Å²) < 4.78 is 13.6. The molecule has 5 heteroatoms. The van der Waals surface area contributed by atoms with E-state index in [4.69, 9.17) is 5.11 Å². The molecule has 1 aromatic carbocycles. The number of nitrogens with zero attached hydrogens (tertiary/aromatic N) is 1. The summed E-state index contributed by atoms with van der Waals surface area (Å²) in [5.41, 5.74) is 0.544. The molecule has 0 bridgehead atoms. The molecule has 0 aromatic heterocycles. The van der Waals surface area contributed by atoms with Crippen LogP contribution < -0.4 is 0 Å². The number of carboxylic acids is 1. The van der Waals surface area contributed by atoms with Crippen molar-refractivity contribution in [2.24, 2.45) is 0 Å². The van der Waals surface area contributed by atoms with E-state index in [-0.39, 0.29) is 30.8 Å². The lowest BCUT2D eigenvalue weighted by Crippen LogP contribution is -2.33. The van der Waals surface area contributed by atoms with Gasteiger partial charge in [-0.2, -0.15) is 0 Å². The molecular formula is C13H19ClFNO2. The SMILES string of the molecule is CCCN(CC(=O)O)C(C)c1ccccc1F.Cl. The van der Waals surface area contributed by atoms with Crippen LogP contribution in [-0.2, 0) is 4.79 Å². The fourth-order valence-electron chi connectivity index (χ4n) is 1.88. The van der Waals surface area contributed by atoms with Crippen LogP contribution in [-0.4, -0.2) is 29.1 Å². The monoisotopic (exact) mass is 275 g/mol. The van der Waals surface area contributed by atoms with Crippen molar-refractivity contribution in [2.75, 3.05) is 13.1 Å². The second kappa shape index (κ2) is 8.06. The number of hydrogen-bond acceptors (Lipinski definition) is 2. The number of carbonyl (C=O) groups is 1. The van der Waals surface area contributed by atoms with Gasteiger partial charge in [-0.05, 0) is 26.0 Å². The van der Waals surface area contributed by atoms with Crippen molar-refractivity contribution < 1.29 is 14.3 Å². The zero-order valence-electron chi connectivity index (χ0n) is 10.6. The van der Waals surface area contributed by atoms with Crippen molar-refractivity contribution in [3.8, 4) is 0 Å². The van der Waals surface area contributed by atoms with Gasteiger partial charge < -0.3 is 5.11 Å². The molecule has 0 amide bonds. The average molecular weight is 276 g/mol. The van der Waals surface area contributed by atoms with Gasteiger partial charge in [0.05, 0.1) is 6.54 Å². The summed E-state index contributed by atoms with van der Waals surface area (Å²) in [4.78, 5) is 12.5. The first-order chi connectivity index (χ1) is 8.06. The molecule has 0 saturated heterocycles. The number of aliphatic carboxylic acids is 1. The second-order valence-electron chi connectivity index (χ2n) is 4.06. The topological polar surface area (TPSA) is 40.5 Å². The number of carboxylic acid groups (broad SMARTS) is 1. The third-order valence-corrected chi connectivity index (χ3v) is 2.75. The van der Waals surface area contributed by atoms with E-state index in [1.807, 2.05) is 13.8 Å². The highest BCUT2D eigenvalue weighted by atomic mass is 35.5. The first kappa shape index (κ1) is 16.9. The Balaban J connectivity index is 0.00000289. The lowest BCUT2D eigenvalue weighted by atomic mass is 10.1. The molecule has 0 radical (unpaired) electrons. The first-order valence-electron chi connectivity index (χ1n) is 5.76. The molecule has 1 N–H and O–H groups in total. The maximum Gasteiger partial charge on any atom is 0.317 e. The van der Waals surface area contributed by atoms with E-state index in [2.05, 4.69) is 0 Å². The smallest absolute Gasteiger partial charge is 0.317 e. The van der Waals surface area contributed by atoms with Crippen LogP contribution in [0.1, 0.15) is 31.9 Å². The Hall–Kier alpha value is -1.13. The van der Waals surface area contributed by atoms with Crippen LogP contribution in [0.2, 0.25) is 0 Å². The molecule has 0 fully saturated rings. The highest BCUT2D eigenvalue weighted by molar-refractivity contribution is 5.85. The molecule has 1 aromatic rings. The summed E-state index contributed by atoms with van der Waals surface area (Å²) in [7, 11) is 0. The summed E-state index contributed by atoms with van der Waals surface area (Å²) in [5, 5.41) is 8.84. The minimum atomic E-state index is -0.887. The third-order valence-electron chi connectivity index (χ3n) is 2.75. The van der Waals surface area contributed by atoms with Gasteiger partial charge in [0, 0.05) is 11.6 Å². The van der Waals surface area contributed by atoms with E-state index in [1.165, 1.54) is 6.07 Å². The molecule has 0 saturated carbocycles. The van der Waals surface area contributed by atoms with Gasteiger partial charge >= 0.3 is 5.97 Å². The van der Waals surface area contributed by atoms with Crippen molar-refractivity contribution in [3.63, 3.8) is 0 Å². The quantitative estimate of drug-likeness (QED) is 0.867. The van der Waals surface area contributed by atoms with Crippen molar-refractivity contribution in [1.82, 2.24) is 4.90 Å². The highest BCUT2D eigenvalue weighted by Crippen LogP contribution is 2.22. The van der Waals surface area contributed by atoms with Gasteiger partial charge in [0.1, 0.15) is 5.82 Å². The minimum Gasteiger partial charge on any atom is -0.480 e. The fourth-order valence-corrected chi connectivity index (χ4v) is 1.88. The minimum absolute atomic E-state index is 0. The van der Waals surface area contributed by atoms with Gasteiger partial charge in [0.2, 0.25) is 0 Å². The van der Waals surface area contributed by atoms with Crippen LogP contribution in [0, 0.1) is 5.82 Å². The lowest BCUT2D eigenvalue weighted by Gasteiger charge is -2.27. The maximum atomic E-state index is 13.6. The van der Waals surface area contributed by atoms with Gasteiger partial charge in [-0.25, -0.2) is 4.39 Å². The number of benzene rings is 1. The van der Waals surface area contributed by atoms with Gasteiger partial charge in [0.25, 0.3) is 0 Å². The Morgan fingerprint density at radius 2 is 2.06 bits per heavy atom. The molecule has 0 spiro atoms. The summed E-state index contributed by atoms with van der Waals surface area (Å²) in [6.45, 7) is 4.38. The Kier molecular flexibility index (Phi) is 7.55. The van der Waals surface area contributed by atoms with E-state index in [0.29, 0.717) is 12.1 Å². The van der Waals surface area contributed by atoms with Gasteiger partial charge in [0.15, 0.2) is 0 Å². The van der Waals surface area contributed by atoms with Gasteiger partial charge in [-0.15, -0.1) is 12.4 Å². The van der Waals surface area contributed by atoms with Crippen molar-refractivity contribution >= 4 is 18.4 Å².